The van der Waals surface area contributed by atoms with Crippen molar-refractivity contribution in [3.63, 3.8) is 0 Å². The van der Waals surface area contributed by atoms with E-state index >= 15 is 0 Å². The van der Waals surface area contributed by atoms with E-state index < -0.39 is 0 Å². The molecule has 0 atom stereocenters. The molecule has 12 heavy (non-hydrogen) atoms. The Morgan fingerprint density at radius 3 is 3.08 bits per heavy atom. The lowest BCUT2D eigenvalue weighted by Crippen LogP contribution is -2.15. The molecule has 0 bridgehead atoms. The third-order valence-electron chi connectivity index (χ3n) is 1.60. The van der Waals surface area contributed by atoms with Crippen LogP contribution in [0.15, 0.2) is 23.1 Å². The summed E-state index contributed by atoms with van der Waals surface area (Å²) in [6.45, 7) is 3.88. The third-order valence-corrected chi connectivity index (χ3v) is 1.60. The quantitative estimate of drug-likeness (QED) is 0.652. The molecule has 3 nitrogen and oxygen atoms in total. The highest BCUT2D eigenvalue weighted by molar-refractivity contribution is 5.09. The van der Waals surface area contributed by atoms with E-state index in [9.17, 15) is 4.79 Å². The summed E-state index contributed by atoms with van der Waals surface area (Å²) in [4.78, 5) is 13.4. The molecule has 1 rings (SSSR count). The van der Waals surface area contributed by atoms with E-state index in [0.717, 1.165) is 25.1 Å². The Labute approximate surface area is 71.8 Å². The van der Waals surface area contributed by atoms with Crippen LogP contribution in [0.3, 0.4) is 0 Å². The summed E-state index contributed by atoms with van der Waals surface area (Å²) < 4.78 is 0. The zero-order chi connectivity index (χ0) is 8.81. The van der Waals surface area contributed by atoms with Crippen molar-refractivity contribution in [2.75, 3.05) is 6.54 Å². The van der Waals surface area contributed by atoms with Gasteiger partial charge in [0.1, 0.15) is 0 Å². The summed E-state index contributed by atoms with van der Waals surface area (Å²) in [5, 5.41) is 3.23. The predicted octanol–water partition coefficient (Wildman–Crippen LogP) is 0.874. The number of hydrogen-bond acceptors (Lipinski definition) is 2. The van der Waals surface area contributed by atoms with Gasteiger partial charge in [-0.25, -0.2) is 0 Å². The van der Waals surface area contributed by atoms with Gasteiger partial charge in [-0.2, -0.15) is 0 Å². The first-order chi connectivity index (χ1) is 5.83. The van der Waals surface area contributed by atoms with Gasteiger partial charge in [0.15, 0.2) is 0 Å². The first kappa shape index (κ1) is 9.00. The molecule has 1 aromatic rings. The summed E-state index contributed by atoms with van der Waals surface area (Å²) in [6, 6.07) is 3.52. The highest BCUT2D eigenvalue weighted by Crippen LogP contribution is 1.91. The molecule has 0 saturated carbocycles. The fraction of sp³-hybridized carbons (Fsp3) is 0.444. The lowest BCUT2D eigenvalue weighted by atomic mass is 10.2. The standard InChI is InChI=1S/C9H14N2O/c1-2-4-10-7-8-3-5-11-9(12)6-8/h3,5-6,10H,2,4,7H2,1H3,(H,11,12). The monoisotopic (exact) mass is 166 g/mol. The van der Waals surface area contributed by atoms with Gasteiger partial charge < -0.3 is 10.3 Å². The van der Waals surface area contributed by atoms with Crippen LogP contribution in [0.25, 0.3) is 0 Å². The second kappa shape index (κ2) is 4.72. The topological polar surface area (TPSA) is 44.9 Å². The first-order valence-corrected chi connectivity index (χ1v) is 4.21. The minimum absolute atomic E-state index is 0.0363. The Hall–Kier alpha value is -1.09. The number of hydrogen-bond donors (Lipinski definition) is 2. The largest absolute Gasteiger partial charge is 0.329 e. The van der Waals surface area contributed by atoms with Crippen molar-refractivity contribution in [1.29, 1.82) is 0 Å². The van der Waals surface area contributed by atoms with Crippen LogP contribution in [0, 0.1) is 0 Å². The van der Waals surface area contributed by atoms with Crippen LogP contribution in [0.5, 0.6) is 0 Å². The van der Waals surface area contributed by atoms with E-state index in [4.69, 9.17) is 0 Å². The molecule has 66 valence electrons. The molecule has 0 spiro atoms. The number of nitrogens with one attached hydrogen (secondary N) is 2. The average Bonchev–Trinajstić information content (AvgIpc) is 2.05. The highest BCUT2D eigenvalue weighted by atomic mass is 16.1. The zero-order valence-electron chi connectivity index (χ0n) is 7.26. The Morgan fingerprint density at radius 1 is 1.58 bits per heavy atom. The van der Waals surface area contributed by atoms with Crippen molar-refractivity contribution in [1.82, 2.24) is 10.3 Å². The third kappa shape index (κ3) is 2.88. The van der Waals surface area contributed by atoms with Crippen LogP contribution in [-0.4, -0.2) is 11.5 Å². The van der Waals surface area contributed by atoms with Crippen LogP contribution in [0.1, 0.15) is 18.9 Å². The zero-order valence-corrected chi connectivity index (χ0v) is 7.26. The van der Waals surface area contributed by atoms with Crippen LogP contribution in [0.2, 0.25) is 0 Å². The summed E-state index contributed by atoms with van der Waals surface area (Å²) >= 11 is 0. The molecule has 0 aromatic carbocycles. The van der Waals surface area contributed by atoms with Gasteiger partial charge in [0.25, 0.3) is 0 Å². The Kier molecular flexibility index (Phi) is 3.54. The lowest BCUT2D eigenvalue weighted by Gasteiger charge is -2.01. The first-order valence-electron chi connectivity index (χ1n) is 4.21. The van der Waals surface area contributed by atoms with Gasteiger partial charge in [-0.05, 0) is 24.6 Å². The number of pyridine rings is 1. The normalized spacial score (nSPS) is 10.1. The maximum Gasteiger partial charge on any atom is 0.248 e. The predicted molar refractivity (Wildman–Crippen MR) is 49.1 cm³/mol. The van der Waals surface area contributed by atoms with E-state index in [0.29, 0.717) is 0 Å². The molecule has 0 aliphatic rings. The maximum atomic E-state index is 10.8. The molecular weight excluding hydrogens is 152 g/mol. The van der Waals surface area contributed by atoms with Gasteiger partial charge in [0, 0.05) is 18.8 Å². The highest BCUT2D eigenvalue weighted by Gasteiger charge is 1.91. The number of H-pyrrole nitrogens is 1. The second-order valence-corrected chi connectivity index (χ2v) is 2.74. The smallest absolute Gasteiger partial charge is 0.248 e. The minimum Gasteiger partial charge on any atom is -0.329 e. The molecule has 0 fully saturated rings. The van der Waals surface area contributed by atoms with E-state index in [2.05, 4.69) is 17.2 Å². The molecule has 0 radical (unpaired) electrons. The molecule has 0 aliphatic heterocycles. The molecule has 3 heteroatoms. The van der Waals surface area contributed by atoms with Crippen LogP contribution < -0.4 is 10.9 Å². The van der Waals surface area contributed by atoms with Crippen molar-refractivity contribution in [2.24, 2.45) is 0 Å². The molecule has 0 saturated heterocycles. The van der Waals surface area contributed by atoms with E-state index in [1.54, 1.807) is 12.3 Å². The van der Waals surface area contributed by atoms with Crippen molar-refractivity contribution in [2.45, 2.75) is 19.9 Å². The van der Waals surface area contributed by atoms with Crippen LogP contribution in [-0.2, 0) is 6.54 Å². The van der Waals surface area contributed by atoms with Crippen molar-refractivity contribution >= 4 is 0 Å². The SMILES string of the molecule is CCCNCc1cc[nH]c(=O)c1. The van der Waals surface area contributed by atoms with Gasteiger partial charge >= 0.3 is 0 Å². The van der Waals surface area contributed by atoms with Gasteiger partial charge in [-0.15, -0.1) is 0 Å². The van der Waals surface area contributed by atoms with Crippen LogP contribution >= 0.6 is 0 Å². The Morgan fingerprint density at radius 2 is 2.42 bits per heavy atom. The molecule has 2 N–H and O–H groups in total. The summed E-state index contributed by atoms with van der Waals surface area (Å²) in [7, 11) is 0. The van der Waals surface area contributed by atoms with Crippen LogP contribution in [0.4, 0.5) is 0 Å². The molecule has 1 heterocycles. The van der Waals surface area contributed by atoms with Gasteiger partial charge in [0.05, 0.1) is 0 Å². The summed E-state index contributed by atoms with van der Waals surface area (Å²) in [5.74, 6) is 0. The average molecular weight is 166 g/mol. The number of rotatable bonds is 4. The number of aromatic amines is 1. The minimum atomic E-state index is -0.0363. The van der Waals surface area contributed by atoms with Gasteiger partial charge in [0.2, 0.25) is 5.56 Å². The molecule has 0 aliphatic carbocycles. The maximum absolute atomic E-state index is 10.8. The Balaban J connectivity index is 2.47. The fourth-order valence-electron chi connectivity index (χ4n) is 1.01. The molecule has 0 amide bonds. The van der Waals surface area contributed by atoms with E-state index in [-0.39, 0.29) is 5.56 Å². The van der Waals surface area contributed by atoms with Gasteiger partial charge in [-0.3, -0.25) is 4.79 Å². The summed E-state index contributed by atoms with van der Waals surface area (Å²) in [6.07, 6.45) is 2.79. The van der Waals surface area contributed by atoms with Crippen molar-refractivity contribution < 1.29 is 0 Å². The van der Waals surface area contributed by atoms with E-state index in [1.807, 2.05) is 6.07 Å². The van der Waals surface area contributed by atoms with Crippen molar-refractivity contribution in [3.8, 4) is 0 Å². The molecule has 0 unspecified atom stereocenters. The fourth-order valence-corrected chi connectivity index (χ4v) is 1.01. The Bertz CT molecular complexity index is 280. The second-order valence-electron chi connectivity index (χ2n) is 2.74. The lowest BCUT2D eigenvalue weighted by molar-refractivity contribution is 0.674. The van der Waals surface area contributed by atoms with Crippen molar-refractivity contribution in [3.05, 3.63) is 34.2 Å². The summed E-state index contributed by atoms with van der Waals surface area (Å²) in [5.41, 5.74) is 0.998. The molecule has 1 aromatic heterocycles. The molecular formula is C9H14N2O. The number of aromatic nitrogens is 1. The van der Waals surface area contributed by atoms with Gasteiger partial charge in [-0.1, -0.05) is 6.92 Å². The van der Waals surface area contributed by atoms with E-state index in [1.165, 1.54) is 0 Å².